The predicted molar refractivity (Wildman–Crippen MR) is 105 cm³/mol. The van der Waals surface area contributed by atoms with Crippen molar-refractivity contribution in [2.45, 2.75) is 52.5 Å². The molecule has 1 aliphatic heterocycles. The summed E-state index contributed by atoms with van der Waals surface area (Å²) >= 11 is 6.09. The van der Waals surface area contributed by atoms with Crippen LogP contribution in [0.5, 0.6) is 0 Å². The van der Waals surface area contributed by atoms with E-state index in [2.05, 4.69) is 19.2 Å². The highest BCUT2D eigenvalue weighted by atomic mass is 35.5. The van der Waals surface area contributed by atoms with Gasteiger partial charge < -0.3 is 14.5 Å². The van der Waals surface area contributed by atoms with Gasteiger partial charge in [0.2, 0.25) is 0 Å². The molecule has 1 saturated heterocycles. The summed E-state index contributed by atoms with van der Waals surface area (Å²) in [4.78, 5) is 25.3. The molecule has 0 spiro atoms. The van der Waals surface area contributed by atoms with E-state index in [1.54, 1.807) is 12.1 Å². The molecule has 1 fully saturated rings. The van der Waals surface area contributed by atoms with Gasteiger partial charge in [-0.3, -0.25) is 4.79 Å². The van der Waals surface area contributed by atoms with E-state index in [4.69, 9.17) is 16.3 Å². The molecule has 1 heterocycles. The Morgan fingerprint density at radius 1 is 1.23 bits per heavy atom. The summed E-state index contributed by atoms with van der Waals surface area (Å²) < 4.78 is 5.68. The van der Waals surface area contributed by atoms with Crippen molar-refractivity contribution in [2.24, 2.45) is 0 Å². The fourth-order valence-electron chi connectivity index (χ4n) is 4.20. The minimum atomic E-state index is -0.503. The minimum Gasteiger partial charge on any atom is -0.465 e. The largest absolute Gasteiger partial charge is 0.465 e. The molecule has 144 valence electrons. The Kier molecular flexibility index (Phi) is 7.07. The van der Waals surface area contributed by atoms with E-state index in [0.717, 1.165) is 48.9 Å². The Morgan fingerprint density at radius 3 is 2.42 bits per heavy atom. The van der Waals surface area contributed by atoms with Crippen LogP contribution in [-0.2, 0) is 9.53 Å². The number of nitrogens with one attached hydrogen (secondary N) is 1. The average molecular weight is 382 g/mol. The number of carbonyl (C=O) groups excluding carboxylic acids is 2. The van der Waals surface area contributed by atoms with Crippen LogP contribution in [0.3, 0.4) is 0 Å². The number of amides is 1. The molecule has 0 aromatic heterocycles. The lowest BCUT2D eigenvalue weighted by atomic mass is 10.00. The number of likely N-dealkylation sites (N-methyl/N-ethyl adjacent to an activating group) is 1. The molecule has 0 saturated carbocycles. The lowest BCUT2D eigenvalue weighted by Gasteiger charge is -2.45. The van der Waals surface area contributed by atoms with Crippen LogP contribution in [-0.4, -0.2) is 49.1 Å². The van der Waals surface area contributed by atoms with Gasteiger partial charge in [0.1, 0.15) is 0 Å². The number of piperidine rings is 1. The number of ether oxygens (including phenoxy) is 1. The van der Waals surface area contributed by atoms with Crippen molar-refractivity contribution in [1.29, 1.82) is 0 Å². The van der Waals surface area contributed by atoms with E-state index in [9.17, 15) is 9.59 Å². The quantitative estimate of drug-likeness (QED) is 0.594. The smallest absolute Gasteiger partial charge is 0.340 e. The van der Waals surface area contributed by atoms with Crippen molar-refractivity contribution in [3.63, 3.8) is 0 Å². The van der Waals surface area contributed by atoms with E-state index < -0.39 is 5.97 Å². The SMILES string of the molecule is CCC(C(=O)Nc1c(C)cc(Cl)cc1C(=O)OC)[N+]1(CC)CCCCC1. The number of rotatable bonds is 6. The number of esters is 1. The molecular formula is C20H30ClN2O3+. The molecule has 5 nitrogen and oxygen atoms in total. The first-order valence-electron chi connectivity index (χ1n) is 9.43. The number of halogens is 1. The number of hydrogen-bond donors (Lipinski definition) is 1. The third-order valence-electron chi connectivity index (χ3n) is 5.64. The second-order valence-corrected chi connectivity index (χ2v) is 7.53. The van der Waals surface area contributed by atoms with E-state index in [1.165, 1.54) is 13.5 Å². The molecule has 1 aliphatic rings. The Hall–Kier alpha value is -1.59. The maximum atomic E-state index is 13.2. The number of benzene rings is 1. The molecule has 1 atom stereocenters. The van der Waals surface area contributed by atoms with Gasteiger partial charge in [-0.15, -0.1) is 0 Å². The molecule has 26 heavy (non-hydrogen) atoms. The maximum Gasteiger partial charge on any atom is 0.340 e. The van der Waals surface area contributed by atoms with Gasteiger partial charge in [0.05, 0.1) is 38.0 Å². The third-order valence-corrected chi connectivity index (χ3v) is 5.86. The van der Waals surface area contributed by atoms with Gasteiger partial charge in [0.15, 0.2) is 6.04 Å². The van der Waals surface area contributed by atoms with Crippen molar-refractivity contribution in [3.8, 4) is 0 Å². The summed E-state index contributed by atoms with van der Waals surface area (Å²) in [6.45, 7) is 9.06. The summed E-state index contributed by atoms with van der Waals surface area (Å²) in [7, 11) is 1.32. The molecule has 6 heteroatoms. The summed E-state index contributed by atoms with van der Waals surface area (Å²) in [6.07, 6.45) is 4.32. The topological polar surface area (TPSA) is 55.4 Å². The van der Waals surface area contributed by atoms with E-state index in [0.29, 0.717) is 16.3 Å². The maximum absolute atomic E-state index is 13.2. The number of quaternary nitrogens is 1. The Balaban J connectivity index is 2.34. The molecule has 1 amide bonds. The molecule has 0 bridgehead atoms. The first-order chi connectivity index (χ1) is 12.4. The van der Waals surface area contributed by atoms with Crippen LogP contribution in [0.4, 0.5) is 5.69 Å². The lowest BCUT2D eigenvalue weighted by molar-refractivity contribution is -0.945. The van der Waals surface area contributed by atoms with Crippen LogP contribution >= 0.6 is 11.6 Å². The molecule has 0 aliphatic carbocycles. The highest BCUT2D eigenvalue weighted by Crippen LogP contribution is 2.29. The fourth-order valence-corrected chi connectivity index (χ4v) is 4.47. The predicted octanol–water partition coefficient (Wildman–Crippen LogP) is 4.17. The third kappa shape index (κ3) is 4.21. The zero-order valence-electron chi connectivity index (χ0n) is 16.2. The second-order valence-electron chi connectivity index (χ2n) is 7.09. The van der Waals surface area contributed by atoms with Gasteiger partial charge in [-0.05, 0) is 50.8 Å². The van der Waals surface area contributed by atoms with Crippen molar-refractivity contribution < 1.29 is 18.8 Å². The van der Waals surface area contributed by atoms with Crippen LogP contribution in [0.15, 0.2) is 12.1 Å². The number of likely N-dealkylation sites (tertiary alicyclic amines) is 1. The van der Waals surface area contributed by atoms with Crippen molar-refractivity contribution in [2.75, 3.05) is 32.1 Å². The van der Waals surface area contributed by atoms with Gasteiger partial charge in [0, 0.05) is 11.4 Å². The summed E-state index contributed by atoms with van der Waals surface area (Å²) in [5.41, 5.74) is 1.54. The average Bonchev–Trinajstić information content (AvgIpc) is 2.64. The normalized spacial score (nSPS) is 17.4. The van der Waals surface area contributed by atoms with Crippen LogP contribution in [0.25, 0.3) is 0 Å². The highest BCUT2D eigenvalue weighted by molar-refractivity contribution is 6.31. The number of anilines is 1. The summed E-state index contributed by atoms with van der Waals surface area (Å²) in [5.74, 6) is -0.539. The zero-order valence-corrected chi connectivity index (χ0v) is 17.0. The van der Waals surface area contributed by atoms with Gasteiger partial charge in [0.25, 0.3) is 5.91 Å². The molecule has 0 radical (unpaired) electrons. The Labute approximate surface area is 161 Å². The van der Waals surface area contributed by atoms with Crippen LogP contribution < -0.4 is 5.32 Å². The molecule has 1 aromatic carbocycles. The van der Waals surface area contributed by atoms with Gasteiger partial charge in [-0.2, -0.15) is 0 Å². The Morgan fingerprint density at radius 2 is 1.88 bits per heavy atom. The van der Waals surface area contributed by atoms with Gasteiger partial charge in [-0.1, -0.05) is 18.5 Å². The minimum absolute atomic E-state index is 0.0353. The van der Waals surface area contributed by atoms with Crippen molar-refractivity contribution >= 4 is 29.2 Å². The van der Waals surface area contributed by atoms with Gasteiger partial charge in [-0.25, -0.2) is 4.79 Å². The highest BCUT2D eigenvalue weighted by Gasteiger charge is 2.40. The van der Waals surface area contributed by atoms with Crippen molar-refractivity contribution in [1.82, 2.24) is 0 Å². The number of nitrogens with zero attached hydrogens (tertiary/aromatic N) is 1. The summed E-state index contributed by atoms with van der Waals surface area (Å²) in [6, 6.07) is 3.17. The monoisotopic (exact) mass is 381 g/mol. The molecule has 1 aromatic rings. The van der Waals surface area contributed by atoms with Crippen LogP contribution in [0, 0.1) is 6.92 Å². The molecule has 2 rings (SSSR count). The Bertz CT molecular complexity index is 669. The number of hydrogen-bond acceptors (Lipinski definition) is 3. The standard InChI is InChI=1S/C20H29ClN2O3/c1-5-17(23(6-2)10-8-7-9-11-23)19(24)22-18-14(3)12-15(21)13-16(18)20(25)26-4/h12-13,17H,5-11H2,1-4H3/p+1. The fraction of sp³-hybridized carbons (Fsp3) is 0.600. The van der Waals surface area contributed by atoms with Crippen molar-refractivity contribution in [3.05, 3.63) is 28.3 Å². The first-order valence-corrected chi connectivity index (χ1v) is 9.81. The molecule has 1 unspecified atom stereocenters. The number of carbonyl (C=O) groups is 2. The van der Waals surface area contributed by atoms with E-state index >= 15 is 0 Å². The first kappa shape index (κ1) is 20.7. The van der Waals surface area contributed by atoms with Gasteiger partial charge >= 0.3 is 5.97 Å². The number of aryl methyl sites for hydroxylation is 1. The lowest BCUT2D eigenvalue weighted by Crippen LogP contribution is -2.61. The zero-order chi connectivity index (χ0) is 19.3. The second kappa shape index (κ2) is 8.87. The van der Waals surface area contributed by atoms with E-state index in [-0.39, 0.29) is 11.9 Å². The van der Waals surface area contributed by atoms with Crippen LogP contribution in [0.1, 0.15) is 55.5 Å². The molecule has 1 N–H and O–H groups in total. The molecular weight excluding hydrogens is 352 g/mol. The van der Waals surface area contributed by atoms with E-state index in [1.807, 2.05) is 6.92 Å². The van der Waals surface area contributed by atoms with Crippen LogP contribution in [0.2, 0.25) is 5.02 Å². The number of methoxy groups -OCH3 is 1. The summed E-state index contributed by atoms with van der Waals surface area (Å²) in [5, 5.41) is 3.46.